The molecule has 31 heavy (non-hydrogen) atoms. The lowest BCUT2D eigenvalue weighted by Gasteiger charge is -2.29. The lowest BCUT2D eigenvalue weighted by Crippen LogP contribution is -2.31. The second kappa shape index (κ2) is 8.42. The van der Waals surface area contributed by atoms with Gasteiger partial charge in [0.1, 0.15) is 12.4 Å². The molecule has 1 aliphatic heterocycles. The number of allylic oxidation sites excluding steroid dienone is 1. The van der Waals surface area contributed by atoms with Crippen molar-refractivity contribution in [2.75, 3.05) is 17.7 Å². The van der Waals surface area contributed by atoms with Gasteiger partial charge in [-0.2, -0.15) is 18.9 Å². The Hall–Kier alpha value is -3.95. The zero-order valence-corrected chi connectivity index (χ0v) is 16.7. The third-order valence-corrected chi connectivity index (χ3v) is 4.79. The van der Waals surface area contributed by atoms with E-state index in [4.69, 9.17) is 4.74 Å². The quantitative estimate of drug-likeness (QED) is 0.622. The second-order valence-corrected chi connectivity index (χ2v) is 6.70. The van der Waals surface area contributed by atoms with Crippen LogP contribution < -0.4 is 20.1 Å². The predicted molar refractivity (Wildman–Crippen MR) is 109 cm³/mol. The van der Waals surface area contributed by atoms with Crippen molar-refractivity contribution in [2.24, 2.45) is 0 Å². The van der Waals surface area contributed by atoms with Gasteiger partial charge in [0.15, 0.2) is 11.5 Å². The number of carbonyl (C=O) groups excluding carboxylic acids is 1. The zero-order valence-electron chi connectivity index (χ0n) is 16.7. The maximum absolute atomic E-state index is 13.2. The van der Waals surface area contributed by atoms with Crippen LogP contribution in [0.3, 0.4) is 0 Å². The number of methoxy groups -OCH3 is 1. The maximum atomic E-state index is 13.2. The number of hydrogen-bond acceptors (Lipinski definition) is 6. The normalized spacial score (nSPS) is 15.3. The maximum Gasteiger partial charge on any atom is 0.387 e. The summed E-state index contributed by atoms with van der Waals surface area (Å²) in [7, 11) is 1.35. The predicted octanol–water partition coefficient (Wildman–Crippen LogP) is 3.82. The van der Waals surface area contributed by atoms with E-state index in [1.54, 1.807) is 35.9 Å². The smallest absolute Gasteiger partial charge is 0.387 e. The Balaban J connectivity index is 1.77. The molecule has 0 radical (unpaired) electrons. The van der Waals surface area contributed by atoms with Crippen molar-refractivity contribution < 1.29 is 23.0 Å². The first kappa shape index (κ1) is 20.3. The Kier molecular flexibility index (Phi) is 5.52. The number of nitrogens with zero attached hydrogens (tertiary/aromatic N) is 3. The molecule has 0 aliphatic carbocycles. The van der Waals surface area contributed by atoms with Crippen LogP contribution in [0, 0.1) is 0 Å². The van der Waals surface area contributed by atoms with Crippen LogP contribution in [-0.4, -0.2) is 34.4 Å². The Morgan fingerprint density at radius 2 is 1.97 bits per heavy atom. The standard InChI is InChI=1S/C21H19F2N5O3/c1-12-17(19(29)27-14-6-4-3-5-7-14)18(28-21(26-12)24-11-25-28)13-8-9-15(31-20(22)23)16(10-13)30-2/h3-11,18,20H,1-2H3,(H,27,29)(H,24,25,26). The van der Waals surface area contributed by atoms with Gasteiger partial charge >= 0.3 is 6.61 Å². The van der Waals surface area contributed by atoms with Crippen LogP contribution in [0.1, 0.15) is 18.5 Å². The molecule has 1 amide bonds. The fourth-order valence-corrected chi connectivity index (χ4v) is 3.46. The lowest BCUT2D eigenvalue weighted by molar-refractivity contribution is -0.113. The van der Waals surface area contributed by atoms with Gasteiger partial charge in [0.25, 0.3) is 5.91 Å². The molecule has 4 rings (SSSR count). The minimum absolute atomic E-state index is 0.106. The van der Waals surface area contributed by atoms with Crippen LogP contribution >= 0.6 is 0 Å². The van der Waals surface area contributed by atoms with Crippen molar-refractivity contribution >= 4 is 17.5 Å². The van der Waals surface area contributed by atoms with E-state index in [2.05, 4.69) is 25.5 Å². The fourth-order valence-electron chi connectivity index (χ4n) is 3.46. The Morgan fingerprint density at radius 3 is 2.68 bits per heavy atom. The monoisotopic (exact) mass is 427 g/mol. The van der Waals surface area contributed by atoms with Crippen molar-refractivity contribution in [1.82, 2.24) is 14.8 Å². The van der Waals surface area contributed by atoms with E-state index in [0.717, 1.165) is 0 Å². The number of para-hydroxylation sites is 1. The van der Waals surface area contributed by atoms with Crippen molar-refractivity contribution in [2.45, 2.75) is 19.6 Å². The number of ether oxygens (including phenoxy) is 2. The van der Waals surface area contributed by atoms with Crippen LogP contribution in [0.15, 0.2) is 66.1 Å². The van der Waals surface area contributed by atoms with Gasteiger partial charge in [-0.25, -0.2) is 4.68 Å². The molecule has 2 heterocycles. The zero-order chi connectivity index (χ0) is 22.0. The van der Waals surface area contributed by atoms with Crippen LogP contribution in [-0.2, 0) is 4.79 Å². The van der Waals surface area contributed by atoms with E-state index >= 15 is 0 Å². The molecule has 0 fully saturated rings. The highest BCUT2D eigenvalue weighted by Crippen LogP contribution is 2.39. The van der Waals surface area contributed by atoms with Crippen LogP contribution in [0.4, 0.5) is 20.4 Å². The van der Waals surface area contributed by atoms with E-state index in [0.29, 0.717) is 28.5 Å². The largest absolute Gasteiger partial charge is 0.493 e. The molecule has 0 spiro atoms. The molecule has 2 aromatic carbocycles. The lowest BCUT2D eigenvalue weighted by atomic mass is 9.94. The number of fused-ring (bicyclic) bond motifs is 1. The molecule has 0 saturated carbocycles. The van der Waals surface area contributed by atoms with Gasteiger partial charge in [-0.1, -0.05) is 24.3 Å². The van der Waals surface area contributed by atoms with Gasteiger partial charge in [-0.15, -0.1) is 0 Å². The van der Waals surface area contributed by atoms with E-state index in [1.807, 2.05) is 18.2 Å². The van der Waals surface area contributed by atoms with Gasteiger partial charge in [-0.3, -0.25) is 4.79 Å². The summed E-state index contributed by atoms with van der Waals surface area (Å²) in [6, 6.07) is 12.9. The Bertz CT molecular complexity index is 1130. The first-order valence-corrected chi connectivity index (χ1v) is 9.34. The highest BCUT2D eigenvalue weighted by Gasteiger charge is 2.34. The highest BCUT2D eigenvalue weighted by molar-refractivity contribution is 6.06. The topological polar surface area (TPSA) is 90.3 Å². The average molecular weight is 427 g/mol. The summed E-state index contributed by atoms with van der Waals surface area (Å²) in [6.45, 7) is -1.23. The summed E-state index contributed by atoms with van der Waals surface area (Å²) >= 11 is 0. The van der Waals surface area contributed by atoms with Gasteiger partial charge in [0, 0.05) is 11.4 Å². The Morgan fingerprint density at radius 1 is 1.19 bits per heavy atom. The molecule has 3 aromatic rings. The van der Waals surface area contributed by atoms with Crippen LogP contribution in [0.25, 0.3) is 0 Å². The number of benzene rings is 2. The molecule has 1 atom stereocenters. The van der Waals surface area contributed by atoms with Gasteiger partial charge in [0.2, 0.25) is 5.95 Å². The highest BCUT2D eigenvalue weighted by atomic mass is 19.3. The second-order valence-electron chi connectivity index (χ2n) is 6.70. The first-order chi connectivity index (χ1) is 15.0. The Labute approximate surface area is 176 Å². The molecule has 160 valence electrons. The minimum atomic E-state index is -2.99. The number of halogens is 2. The summed E-state index contributed by atoms with van der Waals surface area (Å²) in [5.74, 6) is 0.114. The van der Waals surface area contributed by atoms with Crippen LogP contribution in [0.2, 0.25) is 0 Å². The van der Waals surface area contributed by atoms with Gasteiger partial charge in [0.05, 0.1) is 12.7 Å². The van der Waals surface area contributed by atoms with Gasteiger partial charge < -0.3 is 20.1 Å². The van der Waals surface area contributed by atoms with Gasteiger partial charge in [-0.05, 0) is 36.8 Å². The molecule has 0 bridgehead atoms. The van der Waals surface area contributed by atoms with Crippen molar-refractivity contribution in [3.63, 3.8) is 0 Å². The molecule has 1 unspecified atom stereocenters. The molecule has 10 heteroatoms. The molecular formula is C21H19F2N5O3. The number of amides is 1. The summed E-state index contributed by atoms with van der Waals surface area (Å²) in [5.41, 5.74) is 2.20. The number of hydrogen-bond donors (Lipinski definition) is 2. The number of rotatable bonds is 6. The van der Waals surface area contributed by atoms with E-state index in [1.165, 1.54) is 19.5 Å². The molecule has 2 N–H and O–H groups in total. The van der Waals surface area contributed by atoms with E-state index in [-0.39, 0.29) is 17.4 Å². The number of alkyl halides is 2. The molecule has 1 aliphatic rings. The summed E-state index contributed by atoms with van der Waals surface area (Å²) < 4.78 is 36.7. The average Bonchev–Trinajstić information content (AvgIpc) is 3.21. The van der Waals surface area contributed by atoms with E-state index < -0.39 is 12.7 Å². The molecular weight excluding hydrogens is 408 g/mol. The summed E-state index contributed by atoms with van der Waals surface area (Å²) in [5, 5.41) is 10.2. The third kappa shape index (κ3) is 4.04. The summed E-state index contributed by atoms with van der Waals surface area (Å²) in [4.78, 5) is 17.4. The molecule has 0 saturated heterocycles. The number of anilines is 2. The molecule has 8 nitrogen and oxygen atoms in total. The van der Waals surface area contributed by atoms with Crippen molar-refractivity contribution in [1.29, 1.82) is 0 Å². The first-order valence-electron chi connectivity index (χ1n) is 9.34. The van der Waals surface area contributed by atoms with Crippen LogP contribution in [0.5, 0.6) is 11.5 Å². The molecule has 1 aromatic heterocycles. The van der Waals surface area contributed by atoms with Crippen molar-refractivity contribution in [3.8, 4) is 11.5 Å². The number of aromatic nitrogens is 3. The fraction of sp³-hybridized carbons (Fsp3) is 0.190. The summed E-state index contributed by atoms with van der Waals surface area (Å²) in [6.07, 6.45) is 1.37. The van der Waals surface area contributed by atoms with Crippen molar-refractivity contribution in [3.05, 3.63) is 71.7 Å². The minimum Gasteiger partial charge on any atom is -0.493 e. The number of nitrogens with one attached hydrogen (secondary N) is 2. The SMILES string of the molecule is COc1cc(C2C(C(=O)Nc3ccccc3)=C(C)Nc3ncnn32)ccc1OC(F)F. The van der Waals surface area contributed by atoms with E-state index in [9.17, 15) is 13.6 Å². The third-order valence-electron chi connectivity index (χ3n) is 4.79. The number of carbonyl (C=O) groups is 1.